The zero-order valence-corrected chi connectivity index (χ0v) is 53.1. The molecule has 0 radical (unpaired) electrons. The number of phenolic OH excluding ortho intramolecular Hbond substituents is 6. The van der Waals surface area contributed by atoms with Crippen LogP contribution >= 0.6 is 0 Å². The van der Waals surface area contributed by atoms with Gasteiger partial charge in [-0.15, -0.1) is 0 Å². The van der Waals surface area contributed by atoms with Gasteiger partial charge < -0.3 is 59.1 Å². The van der Waals surface area contributed by atoms with Gasteiger partial charge in [0.15, 0.2) is 36.6 Å². The highest BCUT2D eigenvalue weighted by Gasteiger charge is 2.61. The summed E-state index contributed by atoms with van der Waals surface area (Å²) < 4.78 is 38.6. The molecule has 0 heterocycles. The van der Waals surface area contributed by atoms with Crippen LogP contribution in [0.15, 0.2) is 109 Å². The van der Waals surface area contributed by atoms with Crippen molar-refractivity contribution >= 4 is 35.8 Å². The maximum atomic E-state index is 14.9. The van der Waals surface area contributed by atoms with E-state index in [-0.39, 0.29) is 70.0 Å². The number of benzene rings is 6. The lowest BCUT2D eigenvalue weighted by Crippen LogP contribution is -2.69. The molecule has 0 bridgehead atoms. The van der Waals surface area contributed by atoms with Crippen LogP contribution in [0.1, 0.15) is 185 Å². The summed E-state index contributed by atoms with van der Waals surface area (Å²) in [5, 5.41) is 64.6. The van der Waals surface area contributed by atoms with Crippen LogP contribution in [0.2, 0.25) is 0 Å². The first-order valence-corrected chi connectivity index (χ1v) is 30.5. The summed E-state index contributed by atoms with van der Waals surface area (Å²) in [4.78, 5) is 89.5. The predicted molar refractivity (Wildman–Crippen MR) is 335 cm³/mol. The fraction of sp³-hybridized carbons (Fsp3) is 0.417. The molecule has 0 amide bonds. The van der Waals surface area contributed by atoms with Crippen molar-refractivity contribution in [3.05, 3.63) is 176 Å². The number of hydrogen-bond acceptors (Lipinski definition) is 18. The summed E-state index contributed by atoms with van der Waals surface area (Å²) in [5.41, 5.74) is 5.16. The number of carbonyl (C=O) groups is 6. The lowest BCUT2D eigenvalue weighted by molar-refractivity contribution is -0.261. The molecule has 0 aliphatic heterocycles. The Morgan fingerprint density at radius 1 is 0.256 bits per heavy atom. The first-order chi connectivity index (χ1) is 42.5. The van der Waals surface area contributed by atoms with Crippen molar-refractivity contribution in [2.24, 2.45) is 0 Å². The van der Waals surface area contributed by atoms with Crippen molar-refractivity contribution in [1.82, 2.24) is 0 Å². The van der Waals surface area contributed by atoms with Crippen LogP contribution in [-0.4, -0.2) is 103 Å². The summed E-state index contributed by atoms with van der Waals surface area (Å²) in [7, 11) is 0. The van der Waals surface area contributed by atoms with Crippen molar-refractivity contribution < 1.29 is 87.8 Å². The van der Waals surface area contributed by atoms with E-state index >= 15 is 0 Å². The summed E-state index contributed by atoms with van der Waals surface area (Å²) in [6.07, 6.45) is -15.5. The van der Waals surface area contributed by atoms with E-state index in [1.807, 2.05) is 83.1 Å². The lowest BCUT2D eigenvalue weighted by atomic mass is 9.83. The lowest BCUT2D eigenvalue weighted by Gasteiger charge is -2.47. The second-order valence-corrected chi connectivity index (χ2v) is 25.1. The third-order valence-electron chi connectivity index (χ3n) is 15.9. The number of carbonyl (C=O) groups excluding carboxylic acids is 6. The third-order valence-corrected chi connectivity index (χ3v) is 15.9. The molecule has 6 aromatic rings. The molecule has 0 spiro atoms. The third kappa shape index (κ3) is 17.6. The number of ether oxygens (including phenoxy) is 6. The molecule has 7 rings (SSSR count). The molecular formula is C72H84O18. The topological polar surface area (TPSA) is 279 Å². The molecular weight excluding hydrogens is 1150 g/mol. The van der Waals surface area contributed by atoms with Gasteiger partial charge in [-0.3, -0.25) is 28.8 Å². The molecule has 1 aliphatic rings. The number of aromatic hydroxyl groups is 6. The van der Waals surface area contributed by atoms with Gasteiger partial charge in [0.25, 0.3) is 0 Å². The molecule has 0 atom stereocenters. The van der Waals surface area contributed by atoms with Crippen LogP contribution in [0.4, 0.5) is 0 Å². The molecule has 1 fully saturated rings. The van der Waals surface area contributed by atoms with Crippen LogP contribution in [0, 0.1) is 0 Å². The van der Waals surface area contributed by atoms with Crippen molar-refractivity contribution in [3.63, 3.8) is 0 Å². The summed E-state index contributed by atoms with van der Waals surface area (Å²) >= 11 is 0. The molecule has 480 valence electrons. The molecule has 18 nitrogen and oxygen atoms in total. The molecule has 6 N–H and O–H groups in total. The highest BCUT2D eigenvalue weighted by atomic mass is 16.7. The Morgan fingerprint density at radius 3 is 0.489 bits per heavy atom. The Hall–Kier alpha value is -9.06. The Kier molecular flexibility index (Phi) is 22.8. The average Bonchev–Trinajstić information content (AvgIpc) is 0.847. The number of esters is 6. The molecule has 0 aromatic heterocycles. The number of hydrogen-bond donors (Lipinski definition) is 6. The van der Waals surface area contributed by atoms with E-state index in [0.29, 0.717) is 66.8 Å². The molecule has 18 heteroatoms. The van der Waals surface area contributed by atoms with Crippen LogP contribution in [0.5, 0.6) is 34.5 Å². The van der Waals surface area contributed by atoms with Gasteiger partial charge in [0.2, 0.25) is 0 Å². The van der Waals surface area contributed by atoms with Crippen molar-refractivity contribution in [2.75, 3.05) is 0 Å². The minimum absolute atomic E-state index is 0.0298. The van der Waals surface area contributed by atoms with Gasteiger partial charge >= 0.3 is 35.8 Å². The summed E-state index contributed by atoms with van der Waals surface area (Å²) in [5.74, 6) is -7.55. The zero-order valence-electron chi connectivity index (χ0n) is 53.1. The predicted octanol–water partition coefficient (Wildman–Crippen LogP) is 11.9. The molecule has 0 saturated heterocycles. The fourth-order valence-corrected chi connectivity index (χ4v) is 11.1. The monoisotopic (exact) mass is 1240 g/mol. The van der Waals surface area contributed by atoms with Crippen molar-refractivity contribution in [3.8, 4) is 34.5 Å². The van der Waals surface area contributed by atoms with Gasteiger partial charge in [-0.05, 0) is 139 Å². The van der Waals surface area contributed by atoms with Crippen molar-refractivity contribution in [1.29, 1.82) is 0 Å². The average molecular weight is 1240 g/mol. The number of phenols is 6. The van der Waals surface area contributed by atoms with Crippen LogP contribution < -0.4 is 0 Å². The highest BCUT2D eigenvalue weighted by Crippen LogP contribution is 2.39. The van der Waals surface area contributed by atoms with E-state index in [2.05, 4.69) is 0 Å². The highest BCUT2D eigenvalue weighted by molar-refractivity contribution is 5.78. The maximum Gasteiger partial charge on any atom is 0.310 e. The van der Waals surface area contributed by atoms with E-state index in [1.54, 1.807) is 36.4 Å². The van der Waals surface area contributed by atoms with E-state index in [4.69, 9.17) is 28.4 Å². The normalized spacial score (nSPS) is 17.4. The number of rotatable bonds is 24. The molecule has 0 unspecified atom stereocenters. The smallest absolute Gasteiger partial charge is 0.310 e. The molecule has 1 aliphatic carbocycles. The largest absolute Gasteiger partial charge is 0.508 e. The standard InChI is InChI=1S/C72H84O18/c1-37(2)49-25-43(13-19-55(49)73)31-61(79)85-67-68(86-62(80)32-44-14-20-56(74)50(26-44)38(3)4)70(88-64(82)34-46-16-22-58(76)52(28-46)40(7)8)72(90-66(84)36-48-18-24-60(78)54(30-48)42(11)12)71(89-65(83)35-47-17-23-59(77)53(29-47)41(9)10)69(67)87-63(81)33-45-15-21-57(75)51(27-45)39(5)6/h13-30,37-42,67-78H,31-36H2,1-12H3. The van der Waals surface area contributed by atoms with E-state index in [9.17, 15) is 59.4 Å². The van der Waals surface area contributed by atoms with Crippen LogP contribution in [0.25, 0.3) is 0 Å². The second-order valence-electron chi connectivity index (χ2n) is 25.1. The summed E-state index contributed by atoms with van der Waals surface area (Å²) in [6.45, 7) is 22.1. The molecule has 6 aromatic carbocycles. The quantitative estimate of drug-likeness (QED) is 0.0243. The van der Waals surface area contributed by atoms with E-state index in [1.165, 1.54) is 72.8 Å². The molecule has 90 heavy (non-hydrogen) atoms. The van der Waals surface area contributed by atoms with Gasteiger partial charge in [-0.25, -0.2) is 0 Å². The van der Waals surface area contributed by atoms with Gasteiger partial charge in [-0.1, -0.05) is 156 Å². The van der Waals surface area contributed by atoms with E-state index in [0.717, 1.165) is 0 Å². The van der Waals surface area contributed by atoms with Crippen molar-refractivity contribution in [2.45, 2.75) is 194 Å². The van der Waals surface area contributed by atoms with Crippen LogP contribution in [-0.2, 0) is 95.7 Å². The SMILES string of the molecule is CC(C)c1cc(CC(=O)OC2C(OC(=O)Cc3ccc(O)c(C(C)C)c3)C(OC(=O)Cc3ccc(O)c(C(C)C)c3)C(OC(=O)Cc3ccc(O)c(C(C)C)c3)C(OC(=O)Cc3ccc(O)c(C(C)C)c3)C2OC(=O)Cc2ccc(O)c(C(C)C)c2)ccc1O. The maximum absolute atomic E-state index is 14.9. The van der Waals surface area contributed by atoms with E-state index < -0.39 is 111 Å². The Bertz CT molecular complexity index is 2960. The second kappa shape index (κ2) is 30.0. The first-order valence-electron chi connectivity index (χ1n) is 30.5. The molecule has 1 saturated carbocycles. The van der Waals surface area contributed by atoms with Gasteiger partial charge in [0.1, 0.15) is 34.5 Å². The minimum atomic E-state index is -2.08. The Balaban J connectivity index is 1.46. The van der Waals surface area contributed by atoms with Gasteiger partial charge in [0.05, 0.1) is 38.5 Å². The Morgan fingerprint density at radius 2 is 0.378 bits per heavy atom. The van der Waals surface area contributed by atoms with Gasteiger partial charge in [-0.2, -0.15) is 0 Å². The first kappa shape index (κ1) is 68.4. The fourth-order valence-electron chi connectivity index (χ4n) is 11.1. The Labute approximate surface area is 525 Å². The van der Waals surface area contributed by atoms with Gasteiger partial charge in [0, 0.05) is 0 Å². The van der Waals surface area contributed by atoms with Crippen LogP contribution in [0.3, 0.4) is 0 Å². The summed E-state index contributed by atoms with van der Waals surface area (Å²) in [6, 6.07) is 27.1. The zero-order chi connectivity index (χ0) is 66.0. The minimum Gasteiger partial charge on any atom is -0.508 e.